The van der Waals surface area contributed by atoms with E-state index in [1.807, 2.05) is 7.05 Å². The molecule has 2 amide bonds. The zero-order valence-corrected chi connectivity index (χ0v) is 9.46. The van der Waals surface area contributed by atoms with Gasteiger partial charge >= 0.3 is 6.03 Å². The van der Waals surface area contributed by atoms with Gasteiger partial charge in [-0.05, 0) is 38.6 Å². The molecule has 2 fully saturated rings. The van der Waals surface area contributed by atoms with E-state index in [4.69, 9.17) is 0 Å². The summed E-state index contributed by atoms with van der Waals surface area (Å²) >= 11 is 0. The fraction of sp³-hybridized carbons (Fsp3) is 0.909. The molecule has 15 heavy (non-hydrogen) atoms. The van der Waals surface area contributed by atoms with Crippen LogP contribution in [0.15, 0.2) is 0 Å². The molecule has 0 spiro atoms. The summed E-state index contributed by atoms with van der Waals surface area (Å²) in [4.78, 5) is 13.5. The van der Waals surface area contributed by atoms with Crippen molar-refractivity contribution in [1.82, 2.24) is 15.5 Å². The molecule has 1 unspecified atom stereocenters. The highest BCUT2D eigenvalue weighted by Crippen LogP contribution is 2.18. The molecule has 86 valence electrons. The summed E-state index contributed by atoms with van der Waals surface area (Å²) in [6.07, 6.45) is 6.01. The van der Waals surface area contributed by atoms with Gasteiger partial charge in [0.1, 0.15) is 0 Å². The minimum Gasteiger partial charge on any atom is -0.335 e. The average Bonchev–Trinajstić information content (AvgIpc) is 2.63. The maximum atomic E-state index is 11.7. The van der Waals surface area contributed by atoms with Crippen LogP contribution in [0.1, 0.15) is 32.1 Å². The first-order valence-electron chi connectivity index (χ1n) is 6.01. The molecule has 2 aliphatic rings. The monoisotopic (exact) mass is 211 g/mol. The third-order valence-corrected chi connectivity index (χ3v) is 3.44. The quantitative estimate of drug-likeness (QED) is 0.729. The van der Waals surface area contributed by atoms with E-state index in [1.165, 1.54) is 19.3 Å². The lowest BCUT2D eigenvalue weighted by molar-refractivity contribution is 0.193. The van der Waals surface area contributed by atoms with E-state index >= 15 is 0 Å². The molecule has 2 rings (SSSR count). The Hall–Kier alpha value is -0.770. The molecule has 1 aliphatic carbocycles. The predicted octanol–water partition coefficient (Wildman–Crippen LogP) is 0.932. The van der Waals surface area contributed by atoms with Gasteiger partial charge in [0.25, 0.3) is 0 Å². The zero-order chi connectivity index (χ0) is 10.7. The summed E-state index contributed by atoms with van der Waals surface area (Å²) in [5, 5.41) is 6.45. The van der Waals surface area contributed by atoms with Crippen LogP contribution < -0.4 is 10.6 Å². The number of nitrogens with zero attached hydrogens (tertiary/aromatic N) is 1. The van der Waals surface area contributed by atoms with E-state index in [0.29, 0.717) is 12.1 Å². The Kier molecular flexibility index (Phi) is 3.46. The van der Waals surface area contributed by atoms with E-state index in [1.54, 1.807) is 4.90 Å². The fourth-order valence-electron chi connectivity index (χ4n) is 2.16. The van der Waals surface area contributed by atoms with Crippen molar-refractivity contribution in [2.45, 2.75) is 44.2 Å². The van der Waals surface area contributed by atoms with Crippen LogP contribution in [-0.2, 0) is 0 Å². The van der Waals surface area contributed by atoms with Crippen LogP contribution in [-0.4, -0.2) is 43.2 Å². The Morgan fingerprint density at radius 2 is 2.20 bits per heavy atom. The minimum atomic E-state index is 0.0911. The Morgan fingerprint density at radius 1 is 1.40 bits per heavy atom. The molecule has 0 aromatic heterocycles. The Morgan fingerprint density at radius 3 is 2.73 bits per heavy atom. The molecule has 0 radical (unpaired) electrons. The molecule has 1 aliphatic heterocycles. The normalized spacial score (nSPS) is 26.1. The molecule has 0 aromatic rings. The van der Waals surface area contributed by atoms with Crippen molar-refractivity contribution in [3.8, 4) is 0 Å². The maximum Gasteiger partial charge on any atom is 0.317 e. The Bertz CT molecular complexity index is 222. The molecule has 4 nitrogen and oxygen atoms in total. The van der Waals surface area contributed by atoms with Crippen molar-refractivity contribution >= 4 is 6.03 Å². The summed E-state index contributed by atoms with van der Waals surface area (Å²) in [7, 11) is 1.88. The first kappa shape index (κ1) is 10.7. The highest BCUT2D eigenvalue weighted by Gasteiger charge is 2.23. The van der Waals surface area contributed by atoms with E-state index in [9.17, 15) is 4.79 Å². The predicted molar refractivity (Wildman–Crippen MR) is 59.8 cm³/mol. The lowest BCUT2D eigenvalue weighted by Crippen LogP contribution is -2.48. The molecule has 1 saturated carbocycles. The van der Waals surface area contributed by atoms with Crippen LogP contribution in [0.3, 0.4) is 0 Å². The number of urea groups is 1. The van der Waals surface area contributed by atoms with Crippen LogP contribution >= 0.6 is 0 Å². The number of nitrogens with one attached hydrogen (secondary N) is 2. The third kappa shape index (κ3) is 2.84. The second kappa shape index (κ2) is 4.84. The molecule has 4 heteroatoms. The minimum absolute atomic E-state index is 0.0911. The highest BCUT2D eigenvalue weighted by molar-refractivity contribution is 5.74. The third-order valence-electron chi connectivity index (χ3n) is 3.44. The van der Waals surface area contributed by atoms with Crippen LogP contribution in [0.4, 0.5) is 4.79 Å². The van der Waals surface area contributed by atoms with Gasteiger partial charge in [-0.3, -0.25) is 0 Å². The van der Waals surface area contributed by atoms with Gasteiger partial charge in [0, 0.05) is 25.7 Å². The van der Waals surface area contributed by atoms with E-state index in [2.05, 4.69) is 10.6 Å². The second-order valence-corrected chi connectivity index (χ2v) is 4.75. The SMILES string of the molecule is CN(CC1CCCN1)C(=O)NC1CCC1. The van der Waals surface area contributed by atoms with Gasteiger partial charge in [-0.15, -0.1) is 0 Å². The summed E-state index contributed by atoms with van der Waals surface area (Å²) in [6, 6.07) is 1.03. The van der Waals surface area contributed by atoms with Gasteiger partial charge in [0.05, 0.1) is 0 Å². The second-order valence-electron chi connectivity index (χ2n) is 4.75. The Labute approximate surface area is 91.4 Å². The molecule has 2 N–H and O–H groups in total. The lowest BCUT2D eigenvalue weighted by atomic mass is 9.93. The standard InChI is InChI=1S/C11H21N3O/c1-14(8-10-6-3-7-12-10)11(15)13-9-4-2-5-9/h9-10,12H,2-8H2,1H3,(H,13,15). The number of hydrogen-bond acceptors (Lipinski definition) is 2. The van der Waals surface area contributed by atoms with Crippen molar-refractivity contribution < 1.29 is 4.79 Å². The molecular weight excluding hydrogens is 190 g/mol. The molecule has 1 atom stereocenters. The number of hydrogen-bond donors (Lipinski definition) is 2. The van der Waals surface area contributed by atoms with Crippen LogP contribution in [0.25, 0.3) is 0 Å². The first-order chi connectivity index (χ1) is 7.25. The summed E-state index contributed by atoms with van der Waals surface area (Å²) < 4.78 is 0. The van der Waals surface area contributed by atoms with Crippen LogP contribution in [0, 0.1) is 0 Å². The molecule has 1 heterocycles. The first-order valence-corrected chi connectivity index (χ1v) is 6.01. The average molecular weight is 211 g/mol. The van der Waals surface area contributed by atoms with Crippen molar-refractivity contribution in [3.05, 3.63) is 0 Å². The number of likely N-dealkylation sites (N-methyl/N-ethyl adjacent to an activating group) is 1. The van der Waals surface area contributed by atoms with E-state index in [-0.39, 0.29) is 6.03 Å². The zero-order valence-electron chi connectivity index (χ0n) is 9.46. The lowest BCUT2D eigenvalue weighted by Gasteiger charge is -2.30. The molecule has 0 bridgehead atoms. The summed E-state index contributed by atoms with van der Waals surface area (Å²) in [5.74, 6) is 0. The molecular formula is C11H21N3O. The maximum absolute atomic E-state index is 11.7. The van der Waals surface area contributed by atoms with Crippen molar-refractivity contribution in [2.75, 3.05) is 20.1 Å². The van der Waals surface area contributed by atoms with Gasteiger partial charge in [0.2, 0.25) is 0 Å². The van der Waals surface area contributed by atoms with Crippen LogP contribution in [0.5, 0.6) is 0 Å². The molecule has 0 aromatic carbocycles. The van der Waals surface area contributed by atoms with Crippen molar-refractivity contribution in [3.63, 3.8) is 0 Å². The van der Waals surface area contributed by atoms with E-state index in [0.717, 1.165) is 25.9 Å². The molecule has 1 saturated heterocycles. The number of amides is 2. The van der Waals surface area contributed by atoms with Crippen molar-refractivity contribution in [2.24, 2.45) is 0 Å². The smallest absolute Gasteiger partial charge is 0.317 e. The van der Waals surface area contributed by atoms with Gasteiger partial charge in [-0.25, -0.2) is 4.79 Å². The van der Waals surface area contributed by atoms with Crippen LogP contribution in [0.2, 0.25) is 0 Å². The Balaban J connectivity index is 1.68. The van der Waals surface area contributed by atoms with E-state index < -0.39 is 0 Å². The number of rotatable bonds is 3. The largest absolute Gasteiger partial charge is 0.335 e. The topological polar surface area (TPSA) is 44.4 Å². The van der Waals surface area contributed by atoms with Gasteiger partial charge < -0.3 is 15.5 Å². The highest BCUT2D eigenvalue weighted by atomic mass is 16.2. The van der Waals surface area contributed by atoms with Gasteiger partial charge in [-0.1, -0.05) is 0 Å². The number of carbonyl (C=O) groups is 1. The van der Waals surface area contributed by atoms with Crippen molar-refractivity contribution in [1.29, 1.82) is 0 Å². The van der Waals surface area contributed by atoms with Gasteiger partial charge in [0.15, 0.2) is 0 Å². The summed E-state index contributed by atoms with van der Waals surface area (Å²) in [6.45, 7) is 1.93. The number of carbonyl (C=O) groups excluding carboxylic acids is 1. The fourth-order valence-corrected chi connectivity index (χ4v) is 2.16. The summed E-state index contributed by atoms with van der Waals surface area (Å²) in [5.41, 5.74) is 0. The van der Waals surface area contributed by atoms with Gasteiger partial charge in [-0.2, -0.15) is 0 Å².